The Labute approximate surface area is 315 Å². The molecular weight excluding hydrogens is 713 g/mol. The van der Waals surface area contributed by atoms with Gasteiger partial charge in [0.25, 0.3) is 5.91 Å². The summed E-state index contributed by atoms with van der Waals surface area (Å²) in [5.41, 5.74) is 6.06. The Bertz CT molecular complexity index is 2040. The largest absolute Gasteiger partial charge is 0.445 e. The molecule has 1 unspecified atom stereocenters. The number of alkyl carbamates (subject to hydrolysis) is 1. The predicted molar refractivity (Wildman–Crippen MR) is 199 cm³/mol. The van der Waals surface area contributed by atoms with Crippen LogP contribution in [0.15, 0.2) is 107 Å². The minimum absolute atomic E-state index is 0.0259. The third-order valence-electron chi connectivity index (χ3n) is 9.10. The molecule has 7 rings (SSSR count). The zero-order chi connectivity index (χ0) is 36.7. The Morgan fingerprint density at radius 3 is 2.40 bits per heavy atom. The Morgan fingerprint density at radius 1 is 0.925 bits per heavy atom. The minimum atomic E-state index is -0.992. The summed E-state index contributed by atoms with van der Waals surface area (Å²) in [6.07, 6.45) is -1.19. The number of thioether (sulfide) groups is 1. The number of aromatic nitrogens is 2. The first-order valence-electron chi connectivity index (χ1n) is 17.3. The molecule has 11 nitrogen and oxygen atoms in total. The van der Waals surface area contributed by atoms with E-state index in [-0.39, 0.29) is 44.3 Å². The van der Waals surface area contributed by atoms with Crippen LogP contribution in [0.4, 0.5) is 4.79 Å². The molecule has 3 heterocycles. The first-order valence-corrected chi connectivity index (χ1v) is 19.1. The molecule has 4 aromatic carbocycles. The van der Waals surface area contributed by atoms with Gasteiger partial charge in [0.1, 0.15) is 17.7 Å². The zero-order valence-electron chi connectivity index (χ0n) is 28.9. The lowest BCUT2D eigenvalue weighted by Crippen LogP contribution is -2.41. The molecule has 272 valence electrons. The quantitative estimate of drug-likeness (QED) is 0.102. The third-order valence-corrected chi connectivity index (χ3v) is 11.2. The number of benzene rings is 4. The van der Waals surface area contributed by atoms with Crippen LogP contribution in [-0.2, 0) is 43.6 Å². The summed E-state index contributed by atoms with van der Waals surface area (Å²) in [6, 6.07) is 31.5. The summed E-state index contributed by atoms with van der Waals surface area (Å²) in [5.74, 6) is -0.155. The molecule has 0 saturated carbocycles. The van der Waals surface area contributed by atoms with Gasteiger partial charge in [-0.1, -0.05) is 126 Å². The van der Waals surface area contributed by atoms with E-state index in [1.807, 2.05) is 110 Å². The second-order valence-corrected chi connectivity index (χ2v) is 15.3. The Morgan fingerprint density at radius 2 is 1.66 bits per heavy atom. The molecule has 2 aliphatic rings. The fraction of sp³-hybridized carbons (Fsp3) is 0.275. The highest BCUT2D eigenvalue weighted by atomic mass is 32.2. The van der Waals surface area contributed by atoms with Crippen molar-refractivity contribution in [2.45, 2.75) is 68.4 Å². The summed E-state index contributed by atoms with van der Waals surface area (Å²) in [6.45, 7) is 2.03. The third kappa shape index (κ3) is 9.00. The zero-order valence-corrected chi connectivity index (χ0v) is 30.6. The van der Waals surface area contributed by atoms with Gasteiger partial charge in [0.05, 0.1) is 31.8 Å². The number of carbonyl (C=O) groups excluding carboxylic acids is 3. The van der Waals surface area contributed by atoms with Crippen molar-refractivity contribution in [1.29, 1.82) is 0 Å². The number of hydrogen-bond acceptors (Lipinski definition) is 11. The number of ether oxygens (including phenoxy) is 3. The topological polar surface area (TPSA) is 140 Å². The number of nitrogens with zero attached hydrogens (tertiary/aromatic N) is 3. The predicted octanol–water partition coefficient (Wildman–Crippen LogP) is 6.90. The number of aliphatic hydroxyl groups is 1. The lowest BCUT2D eigenvalue weighted by Gasteiger charge is -2.36. The van der Waals surface area contributed by atoms with Crippen molar-refractivity contribution in [3.8, 4) is 11.1 Å². The SMILES string of the molecule is Cc1nnc(SC[C@@H]2C[C@H](c3ccc(CO)cc3)O[C@H](c3ccc(-c4ccccc4CN4C(=O)CC(NC(=O)OCc5ccccc5)C4=O)cc3)O2)s1. The standard InChI is InChI=1S/C40H38N4O7S2/c1-25-42-43-40(53-25)52-24-32-19-35(29-13-11-26(22-45)12-14-29)51-38(50-32)30-17-15-28(16-18-30)33-10-6-5-9-31(33)21-44-36(46)20-34(37(44)47)41-39(48)49-23-27-7-3-2-4-8-27/h2-18,32,34-35,38,45H,19-24H2,1H3,(H,41,48)/t32-,34?,35+,38+/m0/s1. The van der Waals surface area contributed by atoms with Gasteiger partial charge in [-0.2, -0.15) is 0 Å². The van der Waals surface area contributed by atoms with Crippen LogP contribution >= 0.6 is 23.1 Å². The molecule has 13 heteroatoms. The highest BCUT2D eigenvalue weighted by Gasteiger charge is 2.40. The van der Waals surface area contributed by atoms with Crippen molar-refractivity contribution in [2.24, 2.45) is 0 Å². The van der Waals surface area contributed by atoms with Gasteiger partial charge in [0, 0.05) is 17.7 Å². The Balaban J connectivity index is 1.03. The van der Waals surface area contributed by atoms with Crippen LogP contribution in [0, 0.1) is 6.92 Å². The maximum absolute atomic E-state index is 13.3. The highest BCUT2D eigenvalue weighted by Crippen LogP contribution is 2.40. The van der Waals surface area contributed by atoms with Crippen LogP contribution in [-0.4, -0.2) is 56.0 Å². The maximum atomic E-state index is 13.3. The number of aliphatic hydroxyl groups excluding tert-OH is 1. The van der Waals surface area contributed by atoms with E-state index in [1.54, 1.807) is 23.1 Å². The molecule has 0 radical (unpaired) electrons. The number of imide groups is 1. The molecule has 3 amide bonds. The smallest absolute Gasteiger partial charge is 0.408 e. The van der Waals surface area contributed by atoms with Crippen LogP contribution < -0.4 is 5.32 Å². The van der Waals surface area contributed by atoms with Gasteiger partial charge in [-0.15, -0.1) is 10.2 Å². The molecular formula is C40H38N4O7S2. The van der Waals surface area contributed by atoms with E-state index >= 15 is 0 Å². The van der Waals surface area contributed by atoms with Gasteiger partial charge in [-0.05, 0) is 40.3 Å². The minimum Gasteiger partial charge on any atom is -0.445 e. The number of rotatable bonds is 12. The van der Waals surface area contributed by atoms with E-state index < -0.39 is 24.3 Å². The summed E-state index contributed by atoms with van der Waals surface area (Å²) in [4.78, 5) is 39.9. The van der Waals surface area contributed by atoms with E-state index in [0.717, 1.165) is 48.3 Å². The first kappa shape index (κ1) is 36.4. The van der Waals surface area contributed by atoms with Crippen molar-refractivity contribution < 1.29 is 33.7 Å². The van der Waals surface area contributed by atoms with E-state index in [1.165, 1.54) is 4.90 Å². The number of hydrogen-bond donors (Lipinski definition) is 2. The van der Waals surface area contributed by atoms with E-state index in [2.05, 4.69) is 15.5 Å². The number of nitrogens with one attached hydrogen (secondary N) is 1. The number of amides is 3. The summed E-state index contributed by atoms with van der Waals surface area (Å²) < 4.78 is 19.2. The lowest BCUT2D eigenvalue weighted by atomic mass is 9.97. The molecule has 2 fully saturated rings. The fourth-order valence-electron chi connectivity index (χ4n) is 6.32. The molecule has 5 aromatic rings. The molecule has 4 atom stereocenters. The maximum Gasteiger partial charge on any atom is 0.408 e. The summed E-state index contributed by atoms with van der Waals surface area (Å²) >= 11 is 3.18. The molecule has 1 aromatic heterocycles. The normalized spacial score (nSPS) is 20.1. The van der Waals surface area contributed by atoms with E-state index in [9.17, 15) is 19.5 Å². The second-order valence-electron chi connectivity index (χ2n) is 12.8. The average Bonchev–Trinajstić information content (AvgIpc) is 3.73. The fourth-order valence-corrected chi connectivity index (χ4v) is 8.18. The van der Waals surface area contributed by atoms with Gasteiger partial charge in [0.15, 0.2) is 10.6 Å². The Hall–Kier alpha value is -4.92. The van der Waals surface area contributed by atoms with Crippen molar-refractivity contribution in [3.63, 3.8) is 0 Å². The van der Waals surface area contributed by atoms with Gasteiger partial charge in [0.2, 0.25) is 5.91 Å². The molecule has 0 aliphatic carbocycles. The van der Waals surface area contributed by atoms with E-state index in [0.29, 0.717) is 12.2 Å². The van der Waals surface area contributed by atoms with Gasteiger partial charge in [-0.25, -0.2) is 4.79 Å². The van der Waals surface area contributed by atoms with Crippen LogP contribution in [0.25, 0.3) is 11.1 Å². The van der Waals surface area contributed by atoms with Crippen LogP contribution in [0.5, 0.6) is 0 Å². The molecule has 2 saturated heterocycles. The van der Waals surface area contributed by atoms with Crippen molar-refractivity contribution in [3.05, 3.63) is 136 Å². The summed E-state index contributed by atoms with van der Waals surface area (Å²) in [5, 5.41) is 21.4. The van der Waals surface area contributed by atoms with Crippen LogP contribution in [0.3, 0.4) is 0 Å². The van der Waals surface area contributed by atoms with Crippen LogP contribution in [0.2, 0.25) is 0 Å². The first-order chi connectivity index (χ1) is 25.8. The van der Waals surface area contributed by atoms with Gasteiger partial charge in [-0.3, -0.25) is 14.5 Å². The molecule has 2 aliphatic heterocycles. The lowest BCUT2D eigenvalue weighted by molar-refractivity contribution is -0.245. The monoisotopic (exact) mass is 750 g/mol. The highest BCUT2D eigenvalue weighted by molar-refractivity contribution is 8.01. The van der Waals surface area contributed by atoms with Crippen molar-refractivity contribution >= 4 is 41.0 Å². The number of carbonyl (C=O) groups is 3. The Kier molecular flexibility index (Phi) is 11.6. The molecule has 2 N–H and O–H groups in total. The van der Waals surface area contributed by atoms with Crippen molar-refractivity contribution in [2.75, 3.05) is 5.75 Å². The van der Waals surface area contributed by atoms with Gasteiger partial charge < -0.3 is 24.6 Å². The number of likely N-dealkylation sites (tertiary alicyclic amines) is 1. The number of aryl methyl sites for hydroxylation is 1. The van der Waals surface area contributed by atoms with Crippen molar-refractivity contribution in [1.82, 2.24) is 20.4 Å². The van der Waals surface area contributed by atoms with E-state index in [4.69, 9.17) is 14.2 Å². The van der Waals surface area contributed by atoms with Crippen LogP contribution in [0.1, 0.15) is 58.1 Å². The average molecular weight is 751 g/mol. The van der Waals surface area contributed by atoms with Gasteiger partial charge >= 0.3 is 6.09 Å². The molecule has 0 spiro atoms. The summed E-state index contributed by atoms with van der Waals surface area (Å²) in [7, 11) is 0. The molecule has 0 bridgehead atoms. The second kappa shape index (κ2) is 16.8. The molecule has 53 heavy (non-hydrogen) atoms.